The SMILES string of the molecule is COc1ccc(/C=C/C(=O)O[C@H]2C[C@]3(C=CC(=O)O3)O[C@@H]2c2ccccc2)cc1. The summed E-state index contributed by atoms with van der Waals surface area (Å²) in [4.78, 5) is 24.0. The lowest BCUT2D eigenvalue weighted by molar-refractivity contribution is -0.193. The van der Waals surface area contributed by atoms with Crippen molar-refractivity contribution in [2.75, 3.05) is 7.11 Å². The second-order valence-electron chi connectivity index (χ2n) is 6.80. The molecule has 0 saturated carbocycles. The quantitative estimate of drug-likeness (QED) is 0.572. The van der Waals surface area contributed by atoms with Gasteiger partial charge in [0.1, 0.15) is 18.0 Å². The molecular weight excluding hydrogens is 372 g/mol. The zero-order valence-electron chi connectivity index (χ0n) is 15.8. The Labute approximate surface area is 168 Å². The highest BCUT2D eigenvalue weighted by atomic mass is 16.7. The average molecular weight is 392 g/mol. The maximum atomic E-state index is 12.4. The van der Waals surface area contributed by atoms with Crippen molar-refractivity contribution in [3.8, 4) is 5.75 Å². The predicted molar refractivity (Wildman–Crippen MR) is 105 cm³/mol. The normalized spacial score (nSPS) is 25.5. The van der Waals surface area contributed by atoms with Gasteiger partial charge in [-0.05, 0) is 35.4 Å². The van der Waals surface area contributed by atoms with E-state index in [1.54, 1.807) is 19.3 Å². The number of esters is 2. The molecule has 0 aliphatic carbocycles. The highest BCUT2D eigenvalue weighted by Gasteiger charge is 2.52. The molecule has 0 aromatic heterocycles. The van der Waals surface area contributed by atoms with Crippen molar-refractivity contribution < 1.29 is 28.5 Å². The second-order valence-corrected chi connectivity index (χ2v) is 6.80. The van der Waals surface area contributed by atoms with Crippen molar-refractivity contribution in [1.29, 1.82) is 0 Å². The van der Waals surface area contributed by atoms with Crippen molar-refractivity contribution in [2.24, 2.45) is 0 Å². The van der Waals surface area contributed by atoms with E-state index in [0.29, 0.717) is 0 Å². The summed E-state index contributed by atoms with van der Waals surface area (Å²) in [6, 6.07) is 16.7. The van der Waals surface area contributed by atoms with Gasteiger partial charge in [-0.25, -0.2) is 9.59 Å². The number of carbonyl (C=O) groups excluding carboxylic acids is 2. The molecular formula is C23H20O6. The maximum Gasteiger partial charge on any atom is 0.333 e. The number of hydrogen-bond acceptors (Lipinski definition) is 6. The molecule has 0 radical (unpaired) electrons. The van der Waals surface area contributed by atoms with Crippen LogP contribution in [-0.2, 0) is 23.8 Å². The molecule has 29 heavy (non-hydrogen) atoms. The topological polar surface area (TPSA) is 71.1 Å². The predicted octanol–water partition coefficient (Wildman–Crippen LogP) is 3.59. The smallest absolute Gasteiger partial charge is 0.333 e. The van der Waals surface area contributed by atoms with Crippen molar-refractivity contribution in [2.45, 2.75) is 24.4 Å². The first kappa shape index (κ1) is 19.0. The van der Waals surface area contributed by atoms with Crippen LogP contribution in [0.5, 0.6) is 5.75 Å². The molecule has 6 nitrogen and oxygen atoms in total. The highest BCUT2D eigenvalue weighted by Crippen LogP contribution is 2.44. The first-order valence-electron chi connectivity index (χ1n) is 9.25. The molecule has 6 heteroatoms. The molecule has 1 saturated heterocycles. The summed E-state index contributed by atoms with van der Waals surface area (Å²) < 4.78 is 22.1. The van der Waals surface area contributed by atoms with Crippen LogP contribution in [0.25, 0.3) is 6.08 Å². The molecule has 4 rings (SSSR count). The van der Waals surface area contributed by atoms with Crippen molar-refractivity contribution >= 4 is 18.0 Å². The summed E-state index contributed by atoms with van der Waals surface area (Å²) >= 11 is 0. The van der Waals surface area contributed by atoms with Gasteiger partial charge in [-0.2, -0.15) is 0 Å². The Kier molecular flexibility index (Phi) is 5.18. The van der Waals surface area contributed by atoms with E-state index in [1.807, 2.05) is 54.6 Å². The van der Waals surface area contributed by atoms with Crippen LogP contribution in [-0.4, -0.2) is 30.9 Å². The minimum atomic E-state index is -1.19. The Balaban J connectivity index is 1.48. The Morgan fingerprint density at radius 2 is 1.90 bits per heavy atom. The van der Waals surface area contributed by atoms with Crippen LogP contribution in [0, 0.1) is 0 Å². The van der Waals surface area contributed by atoms with Gasteiger partial charge in [-0.15, -0.1) is 0 Å². The largest absolute Gasteiger partial charge is 0.497 e. The van der Waals surface area contributed by atoms with E-state index in [0.717, 1.165) is 16.9 Å². The van der Waals surface area contributed by atoms with Crippen LogP contribution in [0.1, 0.15) is 23.7 Å². The van der Waals surface area contributed by atoms with Crippen molar-refractivity contribution in [3.63, 3.8) is 0 Å². The minimum Gasteiger partial charge on any atom is -0.497 e. The van der Waals surface area contributed by atoms with Crippen LogP contribution >= 0.6 is 0 Å². The third-order valence-electron chi connectivity index (χ3n) is 4.82. The van der Waals surface area contributed by atoms with Crippen LogP contribution in [0.2, 0.25) is 0 Å². The number of hydrogen-bond donors (Lipinski definition) is 0. The number of benzene rings is 2. The van der Waals surface area contributed by atoms with Gasteiger partial charge >= 0.3 is 11.9 Å². The van der Waals surface area contributed by atoms with Crippen LogP contribution in [0.15, 0.2) is 72.8 Å². The lowest BCUT2D eigenvalue weighted by atomic mass is 10.0. The van der Waals surface area contributed by atoms with Crippen LogP contribution < -0.4 is 4.74 Å². The molecule has 3 atom stereocenters. The second kappa shape index (κ2) is 7.93. The molecule has 2 aromatic carbocycles. The van der Waals surface area contributed by atoms with Gasteiger partial charge in [-0.3, -0.25) is 0 Å². The van der Waals surface area contributed by atoms with Crippen molar-refractivity contribution in [1.82, 2.24) is 0 Å². The summed E-state index contributed by atoms with van der Waals surface area (Å²) in [5.41, 5.74) is 1.69. The molecule has 1 fully saturated rings. The monoisotopic (exact) mass is 392 g/mol. The van der Waals surface area contributed by atoms with E-state index in [-0.39, 0.29) is 6.42 Å². The Bertz CT molecular complexity index is 947. The lowest BCUT2D eigenvalue weighted by Gasteiger charge is -2.21. The summed E-state index contributed by atoms with van der Waals surface area (Å²) in [6.45, 7) is 0. The van der Waals surface area contributed by atoms with E-state index >= 15 is 0 Å². The van der Waals surface area contributed by atoms with E-state index in [2.05, 4.69) is 0 Å². The Morgan fingerprint density at radius 1 is 1.14 bits per heavy atom. The number of methoxy groups -OCH3 is 1. The first-order valence-corrected chi connectivity index (χ1v) is 9.25. The maximum absolute atomic E-state index is 12.4. The van der Waals surface area contributed by atoms with E-state index < -0.39 is 29.9 Å². The highest BCUT2D eigenvalue weighted by molar-refractivity contribution is 5.87. The number of carbonyl (C=O) groups is 2. The molecule has 2 aromatic rings. The van der Waals surface area contributed by atoms with Crippen LogP contribution in [0.3, 0.4) is 0 Å². The van der Waals surface area contributed by atoms with Gasteiger partial charge in [0.15, 0.2) is 0 Å². The molecule has 2 aliphatic rings. The Morgan fingerprint density at radius 3 is 2.55 bits per heavy atom. The minimum absolute atomic E-state index is 0.233. The summed E-state index contributed by atoms with van der Waals surface area (Å²) in [6.07, 6.45) is 5.04. The molecule has 0 amide bonds. The summed E-state index contributed by atoms with van der Waals surface area (Å²) in [7, 11) is 1.60. The fourth-order valence-corrected chi connectivity index (χ4v) is 3.43. The average Bonchev–Trinajstić information content (AvgIpc) is 3.29. The number of rotatable bonds is 5. The third kappa shape index (κ3) is 4.22. The molecule has 0 bridgehead atoms. The van der Waals surface area contributed by atoms with Gasteiger partial charge in [0.25, 0.3) is 0 Å². The van der Waals surface area contributed by atoms with E-state index in [1.165, 1.54) is 12.2 Å². The zero-order chi connectivity index (χ0) is 20.3. The van der Waals surface area contributed by atoms with Gasteiger partial charge in [-0.1, -0.05) is 42.5 Å². The molecule has 2 heterocycles. The van der Waals surface area contributed by atoms with Gasteiger partial charge in [0.05, 0.1) is 13.5 Å². The summed E-state index contributed by atoms with van der Waals surface area (Å²) in [5.74, 6) is -1.42. The van der Waals surface area contributed by atoms with Gasteiger partial charge in [0, 0.05) is 12.2 Å². The zero-order valence-corrected chi connectivity index (χ0v) is 15.8. The Hall–Kier alpha value is -3.38. The van der Waals surface area contributed by atoms with Crippen molar-refractivity contribution in [3.05, 3.63) is 84.0 Å². The number of ether oxygens (including phenoxy) is 4. The van der Waals surface area contributed by atoms with Gasteiger partial charge < -0.3 is 18.9 Å². The molecule has 0 unspecified atom stereocenters. The fourth-order valence-electron chi connectivity index (χ4n) is 3.43. The lowest BCUT2D eigenvalue weighted by Crippen LogP contribution is -2.27. The first-order chi connectivity index (χ1) is 14.1. The fraction of sp³-hybridized carbons (Fsp3) is 0.217. The van der Waals surface area contributed by atoms with E-state index in [4.69, 9.17) is 18.9 Å². The third-order valence-corrected chi connectivity index (χ3v) is 4.82. The molecule has 0 N–H and O–H groups in total. The molecule has 148 valence electrons. The van der Waals surface area contributed by atoms with Gasteiger partial charge in [0.2, 0.25) is 5.79 Å². The molecule has 2 aliphatic heterocycles. The standard InChI is InChI=1S/C23H20O6/c1-26-18-10-7-16(8-11-18)9-12-20(24)27-19-15-23(14-13-21(25)28-23)29-22(19)17-5-3-2-4-6-17/h2-14,19,22H,15H2,1H3/b12-9+/t19-,22+,23-/m0/s1. The van der Waals surface area contributed by atoms with Crippen LogP contribution in [0.4, 0.5) is 0 Å². The van der Waals surface area contributed by atoms with E-state index in [9.17, 15) is 9.59 Å². The molecule has 1 spiro atoms. The summed E-state index contributed by atoms with van der Waals surface area (Å²) in [5, 5.41) is 0.